The minimum absolute atomic E-state index is 0.157. The third-order valence-corrected chi connectivity index (χ3v) is 4.39. The number of hydrogen-bond acceptors (Lipinski definition) is 2. The summed E-state index contributed by atoms with van der Waals surface area (Å²) in [6.07, 6.45) is 3.49. The molecule has 0 spiro atoms. The summed E-state index contributed by atoms with van der Waals surface area (Å²) in [6.45, 7) is 8.06. The summed E-state index contributed by atoms with van der Waals surface area (Å²) in [6, 6.07) is 5.80. The molecular formula is C18H29FN4. The van der Waals surface area contributed by atoms with E-state index in [-0.39, 0.29) is 5.82 Å². The molecule has 5 heteroatoms. The van der Waals surface area contributed by atoms with E-state index in [1.807, 2.05) is 12.1 Å². The SMILES string of the molecule is CCCN1CCC(NC(=NC)NCc2ccc(C)c(F)c2)CC1. The molecule has 0 amide bonds. The second-order valence-corrected chi connectivity index (χ2v) is 6.27. The molecule has 23 heavy (non-hydrogen) atoms. The van der Waals surface area contributed by atoms with Crippen LogP contribution in [0.25, 0.3) is 0 Å². The van der Waals surface area contributed by atoms with Crippen molar-refractivity contribution in [2.24, 2.45) is 4.99 Å². The number of piperidine rings is 1. The molecule has 0 bridgehead atoms. The number of rotatable bonds is 5. The smallest absolute Gasteiger partial charge is 0.191 e. The number of nitrogens with zero attached hydrogens (tertiary/aromatic N) is 2. The van der Waals surface area contributed by atoms with Gasteiger partial charge in [0.1, 0.15) is 5.82 Å². The molecule has 1 saturated heterocycles. The van der Waals surface area contributed by atoms with Gasteiger partial charge in [0.15, 0.2) is 5.96 Å². The van der Waals surface area contributed by atoms with Gasteiger partial charge in [-0.05, 0) is 49.9 Å². The summed E-state index contributed by atoms with van der Waals surface area (Å²) >= 11 is 0. The van der Waals surface area contributed by atoms with Gasteiger partial charge in [-0.25, -0.2) is 4.39 Å². The summed E-state index contributed by atoms with van der Waals surface area (Å²) in [5.41, 5.74) is 1.60. The largest absolute Gasteiger partial charge is 0.354 e. The Morgan fingerprint density at radius 3 is 2.70 bits per heavy atom. The second-order valence-electron chi connectivity index (χ2n) is 6.27. The highest BCUT2D eigenvalue weighted by molar-refractivity contribution is 5.79. The summed E-state index contributed by atoms with van der Waals surface area (Å²) in [5.74, 6) is 0.635. The molecule has 2 N–H and O–H groups in total. The fourth-order valence-electron chi connectivity index (χ4n) is 2.94. The van der Waals surface area contributed by atoms with Crippen molar-refractivity contribution in [3.63, 3.8) is 0 Å². The average molecular weight is 320 g/mol. The molecule has 4 nitrogen and oxygen atoms in total. The van der Waals surface area contributed by atoms with Crippen molar-refractivity contribution in [3.05, 3.63) is 35.1 Å². The van der Waals surface area contributed by atoms with Crippen LogP contribution in [0, 0.1) is 12.7 Å². The highest BCUT2D eigenvalue weighted by Gasteiger charge is 2.19. The lowest BCUT2D eigenvalue weighted by Crippen LogP contribution is -2.48. The number of benzene rings is 1. The van der Waals surface area contributed by atoms with Gasteiger partial charge >= 0.3 is 0 Å². The van der Waals surface area contributed by atoms with Crippen molar-refractivity contribution in [3.8, 4) is 0 Å². The Morgan fingerprint density at radius 2 is 2.09 bits per heavy atom. The number of hydrogen-bond donors (Lipinski definition) is 2. The van der Waals surface area contributed by atoms with Gasteiger partial charge < -0.3 is 15.5 Å². The van der Waals surface area contributed by atoms with Crippen LogP contribution in [0.4, 0.5) is 4.39 Å². The predicted molar refractivity (Wildman–Crippen MR) is 94.2 cm³/mol. The quantitative estimate of drug-likeness (QED) is 0.647. The van der Waals surface area contributed by atoms with Crippen molar-refractivity contribution >= 4 is 5.96 Å². The van der Waals surface area contributed by atoms with Crippen LogP contribution in [0.2, 0.25) is 0 Å². The number of aliphatic imine (C=N–C) groups is 1. The monoisotopic (exact) mass is 320 g/mol. The summed E-state index contributed by atoms with van der Waals surface area (Å²) in [7, 11) is 1.78. The van der Waals surface area contributed by atoms with Crippen LogP contribution < -0.4 is 10.6 Å². The van der Waals surface area contributed by atoms with E-state index in [9.17, 15) is 4.39 Å². The maximum absolute atomic E-state index is 13.6. The van der Waals surface area contributed by atoms with Crippen molar-refractivity contribution in [2.45, 2.75) is 45.7 Å². The van der Waals surface area contributed by atoms with Gasteiger partial charge in [0.05, 0.1) is 0 Å². The molecule has 1 fully saturated rings. The van der Waals surface area contributed by atoms with E-state index >= 15 is 0 Å². The number of halogens is 1. The third-order valence-electron chi connectivity index (χ3n) is 4.39. The van der Waals surface area contributed by atoms with Gasteiger partial charge in [0.2, 0.25) is 0 Å². The van der Waals surface area contributed by atoms with E-state index in [1.165, 1.54) is 13.0 Å². The van der Waals surface area contributed by atoms with Crippen molar-refractivity contribution in [1.29, 1.82) is 0 Å². The molecule has 0 saturated carbocycles. The van der Waals surface area contributed by atoms with E-state index in [0.29, 0.717) is 18.2 Å². The van der Waals surface area contributed by atoms with Gasteiger partial charge in [0.25, 0.3) is 0 Å². The van der Waals surface area contributed by atoms with Crippen LogP contribution in [-0.2, 0) is 6.54 Å². The van der Waals surface area contributed by atoms with Crippen LogP contribution in [0.1, 0.15) is 37.3 Å². The predicted octanol–water partition coefficient (Wildman–Crippen LogP) is 2.67. The van der Waals surface area contributed by atoms with Crippen molar-refractivity contribution in [2.75, 3.05) is 26.7 Å². The molecule has 1 heterocycles. The van der Waals surface area contributed by atoms with Crippen molar-refractivity contribution in [1.82, 2.24) is 15.5 Å². The molecule has 0 atom stereocenters. The molecular weight excluding hydrogens is 291 g/mol. The zero-order chi connectivity index (χ0) is 16.7. The highest BCUT2D eigenvalue weighted by Crippen LogP contribution is 2.11. The molecule has 0 unspecified atom stereocenters. The van der Waals surface area contributed by atoms with E-state index in [4.69, 9.17) is 0 Å². The first-order valence-corrected chi connectivity index (χ1v) is 8.57. The Bertz CT molecular complexity index is 522. The molecule has 1 aliphatic rings. The molecule has 1 aromatic rings. The van der Waals surface area contributed by atoms with Crippen LogP contribution in [-0.4, -0.2) is 43.6 Å². The summed E-state index contributed by atoms with van der Waals surface area (Å²) in [4.78, 5) is 6.80. The highest BCUT2D eigenvalue weighted by atomic mass is 19.1. The van der Waals surface area contributed by atoms with E-state index in [0.717, 1.165) is 37.5 Å². The fraction of sp³-hybridized carbons (Fsp3) is 0.611. The number of aryl methyl sites for hydroxylation is 1. The Morgan fingerprint density at radius 1 is 1.35 bits per heavy atom. The Hall–Kier alpha value is -1.62. The zero-order valence-electron chi connectivity index (χ0n) is 14.5. The lowest BCUT2D eigenvalue weighted by molar-refractivity contribution is 0.206. The topological polar surface area (TPSA) is 39.7 Å². The minimum Gasteiger partial charge on any atom is -0.354 e. The second kappa shape index (κ2) is 8.87. The minimum atomic E-state index is -0.157. The first-order valence-electron chi connectivity index (χ1n) is 8.57. The normalized spacial score (nSPS) is 17.3. The summed E-state index contributed by atoms with van der Waals surface area (Å²) < 4.78 is 13.6. The molecule has 1 aromatic carbocycles. The molecule has 1 aliphatic heterocycles. The summed E-state index contributed by atoms with van der Waals surface area (Å²) in [5, 5.41) is 6.76. The lowest BCUT2D eigenvalue weighted by atomic mass is 10.1. The Labute approximate surface area is 139 Å². The van der Waals surface area contributed by atoms with Crippen LogP contribution in [0.5, 0.6) is 0 Å². The Balaban J connectivity index is 1.78. The molecule has 128 valence electrons. The molecule has 2 rings (SSSR count). The van der Waals surface area contributed by atoms with E-state index in [2.05, 4.69) is 27.4 Å². The first kappa shape index (κ1) is 17.7. The number of guanidine groups is 1. The molecule has 0 aromatic heterocycles. The van der Waals surface area contributed by atoms with Gasteiger partial charge in [0, 0.05) is 32.7 Å². The average Bonchev–Trinajstić information content (AvgIpc) is 2.56. The fourth-order valence-corrected chi connectivity index (χ4v) is 2.94. The standard InChI is InChI=1S/C18H29FN4/c1-4-9-23-10-7-16(8-11-23)22-18(20-3)21-13-15-6-5-14(2)17(19)12-15/h5-6,12,16H,4,7-11,13H2,1-3H3,(H2,20,21,22). The number of nitrogens with one attached hydrogen (secondary N) is 2. The maximum atomic E-state index is 13.6. The van der Waals surface area contributed by atoms with Gasteiger partial charge in [-0.15, -0.1) is 0 Å². The number of likely N-dealkylation sites (tertiary alicyclic amines) is 1. The third kappa shape index (κ3) is 5.50. The molecule has 0 radical (unpaired) electrons. The molecule has 0 aliphatic carbocycles. The van der Waals surface area contributed by atoms with E-state index < -0.39 is 0 Å². The van der Waals surface area contributed by atoms with E-state index in [1.54, 1.807) is 20.0 Å². The van der Waals surface area contributed by atoms with Gasteiger partial charge in [-0.2, -0.15) is 0 Å². The zero-order valence-corrected chi connectivity index (χ0v) is 14.5. The van der Waals surface area contributed by atoms with Crippen LogP contribution >= 0.6 is 0 Å². The lowest BCUT2D eigenvalue weighted by Gasteiger charge is -2.32. The Kier molecular flexibility index (Phi) is 6.84. The van der Waals surface area contributed by atoms with Gasteiger partial charge in [-0.1, -0.05) is 19.1 Å². The van der Waals surface area contributed by atoms with Crippen molar-refractivity contribution < 1.29 is 4.39 Å². The van der Waals surface area contributed by atoms with Crippen LogP contribution in [0.3, 0.4) is 0 Å². The van der Waals surface area contributed by atoms with Crippen LogP contribution in [0.15, 0.2) is 23.2 Å². The van der Waals surface area contributed by atoms with Gasteiger partial charge in [-0.3, -0.25) is 4.99 Å². The maximum Gasteiger partial charge on any atom is 0.191 e. The first-order chi connectivity index (χ1) is 11.1.